The highest BCUT2D eigenvalue weighted by atomic mass is 16.6. The molecule has 0 saturated carbocycles. The van der Waals surface area contributed by atoms with E-state index in [0.29, 0.717) is 6.61 Å². The number of hydrogen-bond donors (Lipinski definition) is 2. The molecule has 3 aromatic carbocycles. The van der Waals surface area contributed by atoms with E-state index in [-0.39, 0.29) is 19.8 Å². The van der Waals surface area contributed by atoms with Crippen molar-refractivity contribution in [1.82, 2.24) is 0 Å². The molecule has 0 bridgehead atoms. The van der Waals surface area contributed by atoms with Crippen molar-refractivity contribution < 1.29 is 29.2 Å². The number of carbonyl (C=O) groups excluding carboxylic acids is 1. The molecule has 0 saturated heterocycles. The first-order valence-electron chi connectivity index (χ1n) is 10.9. The molecule has 3 atom stereocenters. The summed E-state index contributed by atoms with van der Waals surface area (Å²) < 4.78 is 17.5. The van der Waals surface area contributed by atoms with Crippen LogP contribution in [0.5, 0.6) is 0 Å². The fraction of sp³-hybridized carbons (Fsp3) is 0.296. The average molecular weight is 451 g/mol. The van der Waals surface area contributed by atoms with Gasteiger partial charge in [-0.15, -0.1) is 0 Å². The molecule has 174 valence electrons. The molecule has 3 aromatic rings. The van der Waals surface area contributed by atoms with E-state index in [4.69, 9.17) is 14.2 Å². The summed E-state index contributed by atoms with van der Waals surface area (Å²) >= 11 is 0. The smallest absolute Gasteiger partial charge is 0.189 e. The fourth-order valence-corrected chi connectivity index (χ4v) is 3.35. The van der Waals surface area contributed by atoms with Crippen LogP contribution in [0.25, 0.3) is 0 Å². The number of benzene rings is 3. The van der Waals surface area contributed by atoms with Crippen LogP contribution in [0.4, 0.5) is 0 Å². The summed E-state index contributed by atoms with van der Waals surface area (Å²) in [7, 11) is 0. The van der Waals surface area contributed by atoms with E-state index >= 15 is 0 Å². The molecule has 0 heterocycles. The molecule has 6 nitrogen and oxygen atoms in total. The van der Waals surface area contributed by atoms with E-state index in [1.807, 2.05) is 91.0 Å². The van der Waals surface area contributed by atoms with E-state index in [9.17, 15) is 15.0 Å². The van der Waals surface area contributed by atoms with Crippen LogP contribution >= 0.6 is 0 Å². The Labute approximate surface area is 194 Å². The van der Waals surface area contributed by atoms with Gasteiger partial charge in [-0.1, -0.05) is 91.0 Å². The Balaban J connectivity index is 1.70. The van der Waals surface area contributed by atoms with E-state index < -0.39 is 30.7 Å². The number of rotatable bonds is 14. The fourth-order valence-electron chi connectivity index (χ4n) is 3.35. The minimum absolute atomic E-state index is 0.0573. The van der Waals surface area contributed by atoms with Crippen molar-refractivity contribution in [2.45, 2.75) is 38.1 Å². The Bertz CT molecular complexity index is 933. The zero-order valence-corrected chi connectivity index (χ0v) is 18.5. The first-order valence-corrected chi connectivity index (χ1v) is 10.9. The topological polar surface area (TPSA) is 85.2 Å². The summed E-state index contributed by atoms with van der Waals surface area (Å²) in [5, 5.41) is 20.5. The number of ether oxygens (including phenoxy) is 3. The summed E-state index contributed by atoms with van der Waals surface area (Å²) in [6.07, 6.45) is -3.33. The Hall–Kier alpha value is -2.87. The highest BCUT2D eigenvalue weighted by molar-refractivity contribution is 5.84. The molecule has 0 amide bonds. The van der Waals surface area contributed by atoms with Gasteiger partial charge in [-0.3, -0.25) is 4.79 Å². The van der Waals surface area contributed by atoms with Crippen LogP contribution in [-0.4, -0.2) is 47.5 Å². The normalized spacial score (nSPS) is 13.9. The standard InChI is InChI=1S/C27H30O6/c28-16-24(29)26(32-18-22-12-6-2-7-13-22)27(33-19-23-14-8-3-9-15-23)25(30)20-31-17-21-10-4-1-5-11-21/h1-15,25-28,30H,16-20H2/t25-,26+,27+/m1/s1. The van der Waals surface area contributed by atoms with Gasteiger partial charge in [0, 0.05) is 0 Å². The van der Waals surface area contributed by atoms with Crippen molar-refractivity contribution in [3.63, 3.8) is 0 Å². The maximum atomic E-state index is 12.6. The molecule has 2 N–H and O–H groups in total. The van der Waals surface area contributed by atoms with Crippen LogP contribution in [0.3, 0.4) is 0 Å². The molecular formula is C27H30O6. The predicted octanol–water partition coefficient (Wildman–Crippen LogP) is 3.30. The number of ketones is 1. The maximum Gasteiger partial charge on any atom is 0.189 e. The Kier molecular flexibility index (Phi) is 10.2. The highest BCUT2D eigenvalue weighted by Crippen LogP contribution is 2.17. The van der Waals surface area contributed by atoms with Crippen molar-refractivity contribution in [1.29, 1.82) is 0 Å². The maximum absolute atomic E-state index is 12.6. The monoisotopic (exact) mass is 450 g/mol. The lowest BCUT2D eigenvalue weighted by molar-refractivity contribution is -0.167. The van der Waals surface area contributed by atoms with Crippen molar-refractivity contribution in [2.75, 3.05) is 13.2 Å². The summed E-state index contributed by atoms with van der Waals surface area (Å²) in [5.41, 5.74) is 2.72. The molecule has 0 fully saturated rings. The molecule has 0 aliphatic rings. The molecule has 33 heavy (non-hydrogen) atoms. The Morgan fingerprint density at radius 1 is 0.697 bits per heavy atom. The summed E-state index contributed by atoms with van der Waals surface area (Å²) in [6, 6.07) is 28.4. The van der Waals surface area contributed by atoms with Crippen LogP contribution in [0.1, 0.15) is 16.7 Å². The average Bonchev–Trinajstić information content (AvgIpc) is 2.87. The van der Waals surface area contributed by atoms with Crippen LogP contribution in [0, 0.1) is 0 Å². The van der Waals surface area contributed by atoms with Gasteiger partial charge in [-0.25, -0.2) is 0 Å². The summed E-state index contributed by atoms with van der Waals surface area (Å²) in [5.74, 6) is -0.564. The minimum atomic E-state index is -1.16. The summed E-state index contributed by atoms with van der Waals surface area (Å²) in [6.45, 7) is -0.154. The quantitative estimate of drug-likeness (QED) is 0.392. The van der Waals surface area contributed by atoms with E-state index in [0.717, 1.165) is 16.7 Å². The van der Waals surface area contributed by atoms with E-state index in [1.165, 1.54) is 0 Å². The molecule has 0 aliphatic carbocycles. The largest absolute Gasteiger partial charge is 0.388 e. The van der Waals surface area contributed by atoms with Gasteiger partial charge in [0.2, 0.25) is 0 Å². The molecule has 6 heteroatoms. The molecule has 0 unspecified atom stereocenters. The Morgan fingerprint density at radius 2 is 1.15 bits per heavy atom. The van der Waals surface area contributed by atoms with Crippen LogP contribution in [0.15, 0.2) is 91.0 Å². The van der Waals surface area contributed by atoms with Crippen LogP contribution in [0.2, 0.25) is 0 Å². The second-order valence-corrected chi connectivity index (χ2v) is 7.67. The number of carbonyl (C=O) groups is 1. The molecule has 0 aromatic heterocycles. The van der Waals surface area contributed by atoms with Gasteiger partial charge in [-0.05, 0) is 16.7 Å². The third kappa shape index (κ3) is 8.20. The number of aliphatic hydroxyl groups excluding tert-OH is 2. The lowest BCUT2D eigenvalue weighted by Crippen LogP contribution is -2.48. The minimum Gasteiger partial charge on any atom is -0.388 e. The predicted molar refractivity (Wildman–Crippen MR) is 124 cm³/mol. The van der Waals surface area contributed by atoms with Gasteiger partial charge in [0.1, 0.15) is 24.9 Å². The second kappa shape index (κ2) is 13.6. The van der Waals surface area contributed by atoms with Crippen molar-refractivity contribution in [2.24, 2.45) is 0 Å². The molecule has 0 spiro atoms. The number of Topliss-reactive ketones (excluding diaryl/α,β-unsaturated/α-hetero) is 1. The third-order valence-corrected chi connectivity index (χ3v) is 5.11. The zero-order chi connectivity index (χ0) is 23.3. The second-order valence-electron chi connectivity index (χ2n) is 7.67. The first kappa shape index (κ1) is 24.8. The van der Waals surface area contributed by atoms with E-state index in [2.05, 4.69) is 0 Å². The van der Waals surface area contributed by atoms with Crippen LogP contribution in [-0.2, 0) is 38.8 Å². The lowest BCUT2D eigenvalue weighted by Gasteiger charge is -2.30. The molecule has 0 aliphatic heterocycles. The lowest BCUT2D eigenvalue weighted by atomic mass is 10.0. The SMILES string of the molecule is O=C(CO)[C@H](OCc1ccccc1)[C@@H](OCc1ccccc1)[C@H](O)COCc1ccccc1. The molecular weight excluding hydrogens is 420 g/mol. The number of aliphatic hydroxyl groups is 2. The molecule has 3 rings (SSSR count). The van der Waals surface area contributed by atoms with Gasteiger partial charge >= 0.3 is 0 Å². The number of hydrogen-bond acceptors (Lipinski definition) is 6. The van der Waals surface area contributed by atoms with Gasteiger partial charge < -0.3 is 24.4 Å². The van der Waals surface area contributed by atoms with Crippen LogP contribution < -0.4 is 0 Å². The Morgan fingerprint density at radius 3 is 1.64 bits per heavy atom. The van der Waals surface area contributed by atoms with Crippen molar-refractivity contribution >= 4 is 5.78 Å². The zero-order valence-electron chi connectivity index (χ0n) is 18.5. The molecule has 0 radical (unpaired) electrons. The van der Waals surface area contributed by atoms with E-state index in [1.54, 1.807) is 0 Å². The first-order chi connectivity index (χ1) is 16.2. The van der Waals surface area contributed by atoms with Crippen molar-refractivity contribution in [3.8, 4) is 0 Å². The highest BCUT2D eigenvalue weighted by Gasteiger charge is 2.35. The van der Waals surface area contributed by atoms with Gasteiger partial charge in [0.15, 0.2) is 5.78 Å². The van der Waals surface area contributed by atoms with Gasteiger partial charge in [0.05, 0.1) is 26.4 Å². The third-order valence-electron chi connectivity index (χ3n) is 5.11. The van der Waals surface area contributed by atoms with Crippen molar-refractivity contribution in [3.05, 3.63) is 108 Å². The summed E-state index contributed by atoms with van der Waals surface area (Å²) in [4.78, 5) is 12.6. The van der Waals surface area contributed by atoms with Gasteiger partial charge in [0.25, 0.3) is 0 Å². The van der Waals surface area contributed by atoms with Gasteiger partial charge in [-0.2, -0.15) is 0 Å².